The number of para-hydroxylation sites is 1. The van der Waals surface area contributed by atoms with Crippen LogP contribution < -0.4 is 10.1 Å². The summed E-state index contributed by atoms with van der Waals surface area (Å²) in [4.78, 5) is 17.5. The molecule has 1 saturated heterocycles. The van der Waals surface area contributed by atoms with Crippen LogP contribution in [0.1, 0.15) is 41.5 Å². The average molecular weight is 483 g/mol. The highest BCUT2D eigenvalue weighted by molar-refractivity contribution is 7.89. The fourth-order valence-electron chi connectivity index (χ4n) is 4.20. The van der Waals surface area contributed by atoms with Crippen LogP contribution in [-0.2, 0) is 16.6 Å². The third kappa shape index (κ3) is 4.85. The van der Waals surface area contributed by atoms with Crippen LogP contribution in [-0.4, -0.2) is 48.4 Å². The van der Waals surface area contributed by atoms with Crippen molar-refractivity contribution in [3.63, 3.8) is 0 Å². The number of benzene rings is 2. The summed E-state index contributed by atoms with van der Waals surface area (Å²) in [5.74, 6) is 1.27. The number of rotatable bonds is 7. The highest BCUT2D eigenvalue weighted by Gasteiger charge is 2.29. The smallest absolute Gasteiger partial charge is 0.255 e. The molecular formula is C25H30N4O4S. The zero-order valence-corrected chi connectivity index (χ0v) is 20.5. The number of piperidine rings is 1. The maximum absolute atomic E-state index is 13.2. The summed E-state index contributed by atoms with van der Waals surface area (Å²) in [7, 11) is -2.23. The van der Waals surface area contributed by atoms with Crippen LogP contribution in [0.3, 0.4) is 0 Å². The lowest BCUT2D eigenvalue weighted by Crippen LogP contribution is -2.38. The summed E-state index contributed by atoms with van der Waals surface area (Å²) >= 11 is 0. The summed E-state index contributed by atoms with van der Waals surface area (Å²) in [6, 6.07) is 12.2. The van der Waals surface area contributed by atoms with Gasteiger partial charge in [-0.25, -0.2) is 13.4 Å². The number of sulfonamides is 1. The first-order valence-electron chi connectivity index (χ1n) is 11.4. The number of carbonyl (C=O) groups is 1. The molecule has 4 rings (SSSR count). The third-order valence-electron chi connectivity index (χ3n) is 6.31. The molecule has 34 heavy (non-hydrogen) atoms. The Morgan fingerprint density at radius 1 is 1.18 bits per heavy atom. The Bertz CT molecular complexity index is 1280. The van der Waals surface area contributed by atoms with Crippen molar-refractivity contribution in [3.8, 4) is 11.4 Å². The van der Waals surface area contributed by atoms with E-state index in [2.05, 4.69) is 17.2 Å². The van der Waals surface area contributed by atoms with E-state index in [1.807, 2.05) is 42.0 Å². The summed E-state index contributed by atoms with van der Waals surface area (Å²) in [6.07, 6.45) is 5.26. The number of nitrogens with one attached hydrogen (secondary N) is 1. The molecule has 0 unspecified atom stereocenters. The van der Waals surface area contributed by atoms with Crippen molar-refractivity contribution in [1.82, 2.24) is 19.2 Å². The van der Waals surface area contributed by atoms with Crippen molar-refractivity contribution in [2.45, 2.75) is 38.1 Å². The Morgan fingerprint density at radius 2 is 1.91 bits per heavy atom. The van der Waals surface area contributed by atoms with Gasteiger partial charge in [-0.15, -0.1) is 0 Å². The second-order valence-corrected chi connectivity index (χ2v) is 10.5. The lowest BCUT2D eigenvalue weighted by molar-refractivity contribution is 0.0947. The van der Waals surface area contributed by atoms with Gasteiger partial charge in [0.15, 0.2) is 0 Å². The SMILES string of the molecule is COc1ccc(S(=O)(=O)N2CCC(C)CC2)cc1C(=O)NCc1ccccc1-n1ccnc1C. The molecule has 0 spiro atoms. The second kappa shape index (κ2) is 9.99. The Labute approximate surface area is 200 Å². The van der Waals surface area contributed by atoms with Gasteiger partial charge >= 0.3 is 0 Å². The number of hydrogen-bond acceptors (Lipinski definition) is 5. The van der Waals surface area contributed by atoms with Gasteiger partial charge in [0.25, 0.3) is 5.91 Å². The minimum absolute atomic E-state index is 0.0995. The fraction of sp³-hybridized carbons (Fsp3) is 0.360. The first-order valence-corrected chi connectivity index (χ1v) is 12.8. The van der Waals surface area contributed by atoms with E-state index < -0.39 is 15.9 Å². The molecule has 1 fully saturated rings. The molecule has 0 atom stereocenters. The van der Waals surface area contributed by atoms with Gasteiger partial charge in [0.1, 0.15) is 11.6 Å². The summed E-state index contributed by atoms with van der Waals surface area (Å²) in [5.41, 5.74) is 2.01. The van der Waals surface area contributed by atoms with E-state index in [0.717, 1.165) is 29.9 Å². The Morgan fingerprint density at radius 3 is 2.59 bits per heavy atom. The van der Waals surface area contributed by atoms with Crippen molar-refractivity contribution >= 4 is 15.9 Å². The molecule has 0 bridgehead atoms. The molecule has 180 valence electrons. The first kappa shape index (κ1) is 24.0. The van der Waals surface area contributed by atoms with E-state index in [1.165, 1.54) is 29.6 Å². The quantitative estimate of drug-likeness (QED) is 0.556. The molecular weight excluding hydrogens is 452 g/mol. The van der Waals surface area contributed by atoms with Crippen molar-refractivity contribution in [2.75, 3.05) is 20.2 Å². The predicted molar refractivity (Wildman–Crippen MR) is 130 cm³/mol. The van der Waals surface area contributed by atoms with Gasteiger partial charge in [0, 0.05) is 32.0 Å². The highest BCUT2D eigenvalue weighted by Crippen LogP contribution is 2.27. The Kier molecular flexibility index (Phi) is 7.04. The number of amides is 1. The zero-order chi connectivity index (χ0) is 24.3. The van der Waals surface area contributed by atoms with E-state index in [9.17, 15) is 13.2 Å². The van der Waals surface area contributed by atoms with Crippen LogP contribution in [0.4, 0.5) is 0 Å². The van der Waals surface area contributed by atoms with Gasteiger partial charge in [0.2, 0.25) is 10.0 Å². The van der Waals surface area contributed by atoms with Crippen LogP contribution in [0.5, 0.6) is 5.75 Å². The fourth-order valence-corrected chi connectivity index (χ4v) is 5.69. The number of aromatic nitrogens is 2. The minimum atomic E-state index is -3.69. The van der Waals surface area contributed by atoms with Gasteiger partial charge in [-0.2, -0.15) is 4.31 Å². The van der Waals surface area contributed by atoms with E-state index in [-0.39, 0.29) is 17.0 Å². The van der Waals surface area contributed by atoms with Crippen molar-refractivity contribution in [1.29, 1.82) is 0 Å². The zero-order valence-electron chi connectivity index (χ0n) is 19.7. The first-order chi connectivity index (χ1) is 16.3. The number of ether oxygens (including phenoxy) is 1. The predicted octanol–water partition coefficient (Wildman–Crippen LogP) is 3.54. The molecule has 9 heteroatoms. The molecule has 0 aliphatic carbocycles. The topological polar surface area (TPSA) is 93.5 Å². The number of nitrogens with zero attached hydrogens (tertiary/aromatic N) is 3. The number of imidazole rings is 1. The van der Waals surface area contributed by atoms with E-state index in [0.29, 0.717) is 24.8 Å². The van der Waals surface area contributed by atoms with Gasteiger partial charge in [0.05, 0.1) is 23.3 Å². The summed E-state index contributed by atoms with van der Waals surface area (Å²) in [6.45, 7) is 5.28. The number of hydrogen-bond donors (Lipinski definition) is 1. The summed E-state index contributed by atoms with van der Waals surface area (Å²) in [5, 5.41) is 2.91. The van der Waals surface area contributed by atoms with Gasteiger partial charge in [-0.1, -0.05) is 25.1 Å². The van der Waals surface area contributed by atoms with E-state index >= 15 is 0 Å². The van der Waals surface area contributed by atoms with Crippen molar-refractivity contribution in [3.05, 3.63) is 71.8 Å². The molecule has 8 nitrogen and oxygen atoms in total. The van der Waals surface area contributed by atoms with Gasteiger partial charge < -0.3 is 14.6 Å². The standard InChI is InChI=1S/C25H30N4O4S/c1-18-10-13-28(14-11-18)34(31,32)21-8-9-24(33-3)22(16-21)25(30)27-17-20-6-4-5-7-23(20)29-15-12-26-19(29)2/h4-9,12,15-16,18H,10-11,13-14,17H2,1-3H3,(H,27,30). The molecule has 1 N–H and O–H groups in total. The molecule has 1 aromatic heterocycles. The third-order valence-corrected chi connectivity index (χ3v) is 8.21. The van der Waals surface area contributed by atoms with Crippen LogP contribution >= 0.6 is 0 Å². The molecule has 2 heterocycles. The maximum Gasteiger partial charge on any atom is 0.255 e. The van der Waals surface area contributed by atoms with Crippen LogP contribution in [0, 0.1) is 12.8 Å². The Hall–Kier alpha value is -3.17. The van der Waals surface area contributed by atoms with Crippen LogP contribution in [0.2, 0.25) is 0 Å². The van der Waals surface area contributed by atoms with Gasteiger partial charge in [-0.05, 0) is 55.5 Å². The van der Waals surface area contributed by atoms with Crippen LogP contribution in [0.15, 0.2) is 59.8 Å². The molecule has 0 radical (unpaired) electrons. The lowest BCUT2D eigenvalue weighted by Gasteiger charge is -2.29. The van der Waals surface area contributed by atoms with Gasteiger partial charge in [-0.3, -0.25) is 4.79 Å². The normalized spacial score (nSPS) is 15.3. The van der Waals surface area contributed by atoms with E-state index in [4.69, 9.17) is 4.74 Å². The van der Waals surface area contributed by atoms with Crippen LogP contribution in [0.25, 0.3) is 5.69 Å². The average Bonchev–Trinajstić information content (AvgIpc) is 3.28. The minimum Gasteiger partial charge on any atom is -0.496 e. The highest BCUT2D eigenvalue weighted by atomic mass is 32.2. The maximum atomic E-state index is 13.2. The molecule has 1 aliphatic rings. The largest absolute Gasteiger partial charge is 0.496 e. The molecule has 1 amide bonds. The monoisotopic (exact) mass is 482 g/mol. The number of methoxy groups -OCH3 is 1. The van der Waals surface area contributed by atoms with E-state index in [1.54, 1.807) is 6.20 Å². The van der Waals surface area contributed by atoms with Crippen molar-refractivity contribution < 1.29 is 17.9 Å². The molecule has 3 aromatic rings. The lowest BCUT2D eigenvalue weighted by atomic mass is 10.0. The molecule has 1 aliphatic heterocycles. The molecule has 2 aromatic carbocycles. The Balaban J connectivity index is 1.57. The number of aryl methyl sites for hydroxylation is 1. The number of carbonyl (C=O) groups excluding carboxylic acids is 1. The van der Waals surface area contributed by atoms with Crippen molar-refractivity contribution in [2.24, 2.45) is 5.92 Å². The second-order valence-electron chi connectivity index (χ2n) is 8.60. The molecule has 0 saturated carbocycles. The summed E-state index contributed by atoms with van der Waals surface area (Å²) < 4.78 is 35.2.